The van der Waals surface area contributed by atoms with Crippen molar-refractivity contribution < 1.29 is 0 Å². The van der Waals surface area contributed by atoms with Crippen LogP contribution >= 0.6 is 11.6 Å². The van der Waals surface area contributed by atoms with Gasteiger partial charge >= 0.3 is 0 Å². The van der Waals surface area contributed by atoms with Gasteiger partial charge in [0.05, 0.1) is 0 Å². The molecule has 0 bridgehead atoms. The fourth-order valence-corrected chi connectivity index (χ4v) is 2.32. The van der Waals surface area contributed by atoms with Gasteiger partial charge in [0.15, 0.2) is 0 Å². The molecule has 0 fully saturated rings. The highest BCUT2D eigenvalue weighted by molar-refractivity contribution is 6.30. The van der Waals surface area contributed by atoms with Gasteiger partial charge in [-0.1, -0.05) is 50.9 Å². The number of nitrogens with one attached hydrogen (secondary N) is 1. The Balaban J connectivity index is 2.56. The van der Waals surface area contributed by atoms with E-state index in [9.17, 15) is 0 Å². The van der Waals surface area contributed by atoms with Gasteiger partial charge in [-0.25, -0.2) is 0 Å². The van der Waals surface area contributed by atoms with E-state index in [0.717, 1.165) is 30.5 Å². The van der Waals surface area contributed by atoms with Gasteiger partial charge < -0.3 is 5.32 Å². The van der Waals surface area contributed by atoms with E-state index in [1.165, 1.54) is 18.4 Å². The highest BCUT2D eigenvalue weighted by Gasteiger charge is 2.15. The fourth-order valence-electron chi connectivity index (χ4n) is 2.20. The largest absolute Gasteiger partial charge is 0.316 e. The maximum Gasteiger partial charge on any atom is 0.0406 e. The lowest BCUT2D eigenvalue weighted by Crippen LogP contribution is -2.29. The lowest BCUT2D eigenvalue weighted by atomic mass is 9.86. The molecule has 0 heterocycles. The molecule has 1 aromatic rings. The van der Waals surface area contributed by atoms with Crippen LogP contribution in [0.3, 0.4) is 0 Å². The molecule has 0 saturated carbocycles. The summed E-state index contributed by atoms with van der Waals surface area (Å²) in [6, 6.07) is 8.28. The lowest BCUT2D eigenvalue weighted by Gasteiger charge is -2.23. The second kappa shape index (κ2) is 8.55. The second-order valence-electron chi connectivity index (χ2n) is 5.18. The molecule has 0 saturated heterocycles. The Hall–Kier alpha value is -0.530. The van der Waals surface area contributed by atoms with Crippen molar-refractivity contribution in [3.05, 3.63) is 34.9 Å². The van der Waals surface area contributed by atoms with Gasteiger partial charge in [0, 0.05) is 5.02 Å². The zero-order valence-corrected chi connectivity index (χ0v) is 12.6. The van der Waals surface area contributed by atoms with Gasteiger partial charge in [0.25, 0.3) is 0 Å². The summed E-state index contributed by atoms with van der Waals surface area (Å²) in [5.41, 5.74) is 1.39. The van der Waals surface area contributed by atoms with Crippen molar-refractivity contribution in [2.45, 2.75) is 40.0 Å². The predicted molar refractivity (Wildman–Crippen MR) is 81.3 cm³/mol. The first kappa shape index (κ1) is 15.5. The van der Waals surface area contributed by atoms with Crippen molar-refractivity contribution >= 4 is 11.6 Å². The van der Waals surface area contributed by atoms with Crippen molar-refractivity contribution in [1.29, 1.82) is 0 Å². The summed E-state index contributed by atoms with van der Waals surface area (Å²) < 4.78 is 0. The van der Waals surface area contributed by atoms with Crippen LogP contribution in [-0.2, 0) is 6.42 Å². The van der Waals surface area contributed by atoms with E-state index >= 15 is 0 Å². The monoisotopic (exact) mass is 267 g/mol. The van der Waals surface area contributed by atoms with Crippen LogP contribution in [0, 0.1) is 11.8 Å². The Morgan fingerprint density at radius 2 is 1.83 bits per heavy atom. The van der Waals surface area contributed by atoms with Crippen LogP contribution in [0.15, 0.2) is 24.3 Å². The van der Waals surface area contributed by atoms with E-state index in [0.29, 0.717) is 5.92 Å². The van der Waals surface area contributed by atoms with Gasteiger partial charge in [-0.2, -0.15) is 0 Å². The number of hydrogen-bond acceptors (Lipinski definition) is 1. The molecule has 1 aromatic carbocycles. The zero-order valence-electron chi connectivity index (χ0n) is 11.9. The minimum atomic E-state index is 0.711. The van der Waals surface area contributed by atoms with Crippen LogP contribution in [0.25, 0.3) is 0 Å². The van der Waals surface area contributed by atoms with E-state index in [1.54, 1.807) is 0 Å². The highest BCUT2D eigenvalue weighted by Crippen LogP contribution is 2.21. The van der Waals surface area contributed by atoms with E-state index in [1.807, 2.05) is 12.1 Å². The molecule has 2 unspecified atom stereocenters. The van der Waals surface area contributed by atoms with Crippen molar-refractivity contribution in [2.24, 2.45) is 11.8 Å². The van der Waals surface area contributed by atoms with Crippen molar-refractivity contribution in [3.8, 4) is 0 Å². The van der Waals surface area contributed by atoms with E-state index in [2.05, 4.69) is 38.2 Å². The third kappa shape index (κ3) is 5.41. The van der Waals surface area contributed by atoms with Gasteiger partial charge in [-0.05, 0) is 55.5 Å². The van der Waals surface area contributed by atoms with E-state index in [4.69, 9.17) is 11.6 Å². The molecule has 0 spiro atoms. The molecule has 1 rings (SSSR count). The Kier molecular flexibility index (Phi) is 7.38. The predicted octanol–water partition coefficient (Wildman–Crippen LogP) is 4.54. The van der Waals surface area contributed by atoms with Crippen LogP contribution in [0.2, 0.25) is 5.02 Å². The average Bonchev–Trinajstić information content (AvgIpc) is 2.39. The van der Waals surface area contributed by atoms with Crippen molar-refractivity contribution in [3.63, 3.8) is 0 Å². The van der Waals surface area contributed by atoms with Crippen LogP contribution in [0.5, 0.6) is 0 Å². The Labute approximate surface area is 117 Å². The molecule has 0 amide bonds. The molecule has 1 N–H and O–H groups in total. The third-order valence-corrected chi connectivity index (χ3v) is 3.95. The van der Waals surface area contributed by atoms with Crippen LogP contribution in [0.1, 0.15) is 39.2 Å². The maximum atomic E-state index is 5.93. The first-order valence-electron chi connectivity index (χ1n) is 7.12. The minimum Gasteiger partial charge on any atom is -0.316 e. The van der Waals surface area contributed by atoms with Gasteiger partial charge in [-0.3, -0.25) is 0 Å². The average molecular weight is 268 g/mol. The molecule has 2 heteroatoms. The normalized spacial score (nSPS) is 14.4. The molecule has 0 radical (unpaired) electrons. The van der Waals surface area contributed by atoms with E-state index < -0.39 is 0 Å². The van der Waals surface area contributed by atoms with E-state index in [-0.39, 0.29) is 0 Å². The van der Waals surface area contributed by atoms with Crippen LogP contribution in [0.4, 0.5) is 0 Å². The summed E-state index contributed by atoms with van der Waals surface area (Å²) in [7, 11) is 0. The molecule has 1 nitrogen and oxygen atoms in total. The molecule has 0 aliphatic heterocycles. The van der Waals surface area contributed by atoms with Crippen molar-refractivity contribution in [1.82, 2.24) is 5.32 Å². The summed E-state index contributed by atoms with van der Waals surface area (Å²) in [5, 5.41) is 4.38. The molecule has 18 heavy (non-hydrogen) atoms. The summed E-state index contributed by atoms with van der Waals surface area (Å²) in [6.07, 6.45) is 3.59. The highest BCUT2D eigenvalue weighted by atomic mass is 35.5. The van der Waals surface area contributed by atoms with Crippen molar-refractivity contribution in [2.75, 3.05) is 13.1 Å². The number of benzene rings is 1. The molecule has 0 aliphatic carbocycles. The standard InChI is InChI=1S/C16H26ClN/c1-4-10-18-12-15(13(3)5-2)11-14-6-8-16(17)9-7-14/h6-9,13,15,18H,4-5,10-12H2,1-3H3. The number of hydrogen-bond donors (Lipinski definition) is 1. The Bertz CT molecular complexity index is 320. The number of rotatable bonds is 8. The smallest absolute Gasteiger partial charge is 0.0406 e. The first-order valence-corrected chi connectivity index (χ1v) is 7.50. The molecular formula is C16H26ClN. The zero-order chi connectivity index (χ0) is 13.4. The van der Waals surface area contributed by atoms with Gasteiger partial charge in [-0.15, -0.1) is 0 Å². The molecule has 0 aromatic heterocycles. The Morgan fingerprint density at radius 3 is 2.39 bits per heavy atom. The lowest BCUT2D eigenvalue weighted by molar-refractivity contribution is 0.330. The van der Waals surface area contributed by atoms with Gasteiger partial charge in [0.2, 0.25) is 0 Å². The quantitative estimate of drug-likeness (QED) is 0.682. The topological polar surface area (TPSA) is 12.0 Å². The first-order chi connectivity index (χ1) is 8.67. The second-order valence-corrected chi connectivity index (χ2v) is 5.62. The third-order valence-electron chi connectivity index (χ3n) is 3.69. The Morgan fingerprint density at radius 1 is 1.17 bits per heavy atom. The molecule has 2 atom stereocenters. The molecule has 0 aliphatic rings. The van der Waals surface area contributed by atoms with Crippen LogP contribution in [-0.4, -0.2) is 13.1 Å². The molecular weight excluding hydrogens is 242 g/mol. The fraction of sp³-hybridized carbons (Fsp3) is 0.625. The maximum absolute atomic E-state index is 5.93. The molecule has 102 valence electrons. The number of halogens is 1. The van der Waals surface area contributed by atoms with Crippen LogP contribution < -0.4 is 5.32 Å². The summed E-state index contributed by atoms with van der Waals surface area (Å²) >= 11 is 5.93. The summed E-state index contributed by atoms with van der Waals surface area (Å²) in [5.74, 6) is 1.47. The minimum absolute atomic E-state index is 0.711. The SMILES string of the molecule is CCCNCC(Cc1ccc(Cl)cc1)C(C)CC. The van der Waals surface area contributed by atoms with Gasteiger partial charge in [0.1, 0.15) is 0 Å². The summed E-state index contributed by atoms with van der Waals surface area (Å²) in [6.45, 7) is 9.08. The summed E-state index contributed by atoms with van der Waals surface area (Å²) in [4.78, 5) is 0.